The van der Waals surface area contributed by atoms with Crippen molar-refractivity contribution in [1.29, 1.82) is 0 Å². The molecule has 0 radical (unpaired) electrons. The number of aromatic carboxylic acids is 1. The van der Waals surface area contributed by atoms with Crippen LogP contribution in [-0.4, -0.2) is 29.5 Å². The molecular formula is C21H17ClF2IN3O3. The summed E-state index contributed by atoms with van der Waals surface area (Å²) in [7, 11) is 0. The monoisotopic (exact) mass is 559 g/mol. The van der Waals surface area contributed by atoms with E-state index in [4.69, 9.17) is 16.7 Å². The van der Waals surface area contributed by atoms with Crippen molar-refractivity contribution in [2.24, 2.45) is 0 Å². The molecule has 2 aromatic heterocycles. The number of benzene rings is 1. The Morgan fingerprint density at radius 3 is 2.52 bits per heavy atom. The second kappa shape index (κ2) is 9.82. The fourth-order valence-corrected chi connectivity index (χ4v) is 3.49. The zero-order valence-electron chi connectivity index (χ0n) is 16.1. The van der Waals surface area contributed by atoms with Crippen LogP contribution < -0.4 is 5.56 Å². The second-order valence-electron chi connectivity index (χ2n) is 6.78. The molecule has 0 amide bonds. The number of carboxylic acids is 1. The molecule has 0 bridgehead atoms. The van der Waals surface area contributed by atoms with Crippen LogP contribution in [0.15, 0.2) is 53.3 Å². The smallest absolute Gasteiger partial charge is 0.354 e. The molecule has 0 aliphatic rings. The molecule has 10 heteroatoms. The van der Waals surface area contributed by atoms with Crippen LogP contribution in [0.1, 0.15) is 34.8 Å². The quantitative estimate of drug-likeness (QED) is 0.308. The van der Waals surface area contributed by atoms with Crippen LogP contribution >= 0.6 is 34.2 Å². The topological polar surface area (TPSA) is 85.1 Å². The van der Waals surface area contributed by atoms with Crippen LogP contribution in [0, 0.1) is 0 Å². The minimum atomic E-state index is -2.85. The summed E-state index contributed by atoms with van der Waals surface area (Å²) in [4.78, 5) is 32.6. The summed E-state index contributed by atoms with van der Waals surface area (Å²) in [6.07, 6.45) is -0.0930. The highest BCUT2D eigenvalue weighted by Crippen LogP contribution is 2.28. The summed E-state index contributed by atoms with van der Waals surface area (Å²) >= 11 is 7.00. The van der Waals surface area contributed by atoms with Gasteiger partial charge in [0.05, 0.1) is 17.9 Å². The Morgan fingerprint density at radius 2 is 1.87 bits per heavy atom. The lowest BCUT2D eigenvalue weighted by atomic mass is 10.1. The van der Waals surface area contributed by atoms with Crippen molar-refractivity contribution < 1.29 is 18.7 Å². The minimum absolute atomic E-state index is 0.0240. The van der Waals surface area contributed by atoms with Crippen molar-refractivity contribution in [3.63, 3.8) is 0 Å². The van der Waals surface area contributed by atoms with Crippen LogP contribution in [0.3, 0.4) is 0 Å². The van der Waals surface area contributed by atoms with Gasteiger partial charge in [-0.15, -0.1) is 0 Å². The number of carbonyl (C=O) groups is 1. The number of nitrogens with zero attached hydrogens (tertiary/aromatic N) is 3. The van der Waals surface area contributed by atoms with E-state index in [9.17, 15) is 18.4 Å². The lowest BCUT2D eigenvalue weighted by Gasteiger charge is -2.15. The number of halogens is 4. The maximum atomic E-state index is 13.3. The SMILES string of the molecule is O=C(O)c1cccc(Cn2c(CCCC(F)(F)I)nc(-c3ccc(Cl)cc3)cc2=O)n1. The van der Waals surface area contributed by atoms with E-state index in [1.165, 1.54) is 22.8 Å². The van der Waals surface area contributed by atoms with E-state index in [1.54, 1.807) is 30.3 Å². The van der Waals surface area contributed by atoms with Gasteiger partial charge in [0, 0.05) is 29.5 Å². The highest BCUT2D eigenvalue weighted by atomic mass is 127. The molecule has 6 nitrogen and oxygen atoms in total. The molecule has 0 aliphatic carbocycles. The first-order valence-corrected chi connectivity index (χ1v) is 10.7. The number of pyridine rings is 1. The Labute approximate surface area is 195 Å². The predicted octanol–water partition coefficient (Wildman–Crippen LogP) is 5.06. The molecular weight excluding hydrogens is 543 g/mol. The molecule has 3 rings (SSSR count). The number of aryl methyl sites for hydroxylation is 1. The standard InChI is InChI=1S/C21H17ClF2IN3O3/c22-14-8-6-13(7-9-14)17-11-19(29)28(18(27-17)5-2-10-21(23,24)25)12-15-3-1-4-16(26-15)20(30)31/h1,3-4,6-9,11H,2,5,10,12H2,(H,30,31). The van der Waals surface area contributed by atoms with Crippen molar-refractivity contribution in [2.75, 3.05) is 0 Å². The molecule has 0 aliphatic heterocycles. The van der Waals surface area contributed by atoms with Crippen molar-refractivity contribution in [1.82, 2.24) is 14.5 Å². The van der Waals surface area contributed by atoms with Gasteiger partial charge in [0.15, 0.2) is 0 Å². The summed E-state index contributed by atoms with van der Waals surface area (Å²) < 4.78 is 25.0. The Bertz CT molecular complexity index is 1150. The maximum Gasteiger partial charge on any atom is 0.354 e. The summed E-state index contributed by atoms with van der Waals surface area (Å²) in [5.74, 6) is -0.865. The molecule has 0 saturated carbocycles. The first-order chi connectivity index (χ1) is 14.6. The summed E-state index contributed by atoms with van der Waals surface area (Å²) in [5, 5.41) is 9.67. The Hall–Kier alpha value is -2.40. The predicted molar refractivity (Wildman–Crippen MR) is 121 cm³/mol. The summed E-state index contributed by atoms with van der Waals surface area (Å²) in [6, 6.07) is 12.6. The molecule has 1 N–H and O–H groups in total. The summed E-state index contributed by atoms with van der Waals surface area (Å²) in [6.45, 7) is -0.0240. The Kier molecular flexibility index (Phi) is 7.37. The largest absolute Gasteiger partial charge is 0.477 e. The summed E-state index contributed by atoms with van der Waals surface area (Å²) in [5.41, 5.74) is 0.881. The van der Waals surface area contributed by atoms with E-state index < -0.39 is 15.5 Å². The lowest BCUT2D eigenvalue weighted by molar-refractivity contribution is 0.0690. The lowest BCUT2D eigenvalue weighted by Crippen LogP contribution is -2.26. The third kappa shape index (κ3) is 6.54. The number of alkyl halides is 3. The van der Waals surface area contributed by atoms with Crippen molar-refractivity contribution >= 4 is 40.2 Å². The highest BCUT2D eigenvalue weighted by molar-refractivity contribution is 14.1. The van der Waals surface area contributed by atoms with Gasteiger partial charge in [-0.2, -0.15) is 8.78 Å². The minimum Gasteiger partial charge on any atom is -0.477 e. The van der Waals surface area contributed by atoms with Gasteiger partial charge in [-0.05, 0) is 53.3 Å². The first-order valence-electron chi connectivity index (χ1n) is 9.25. The average Bonchev–Trinajstić information content (AvgIpc) is 2.70. The molecule has 1 aromatic carbocycles. The molecule has 0 atom stereocenters. The van der Waals surface area contributed by atoms with Gasteiger partial charge in [0.2, 0.25) is 0 Å². The van der Waals surface area contributed by atoms with E-state index in [-0.39, 0.29) is 31.5 Å². The normalized spacial score (nSPS) is 11.5. The zero-order chi connectivity index (χ0) is 22.6. The number of aromatic nitrogens is 3. The fraction of sp³-hybridized carbons (Fsp3) is 0.238. The van der Waals surface area contributed by atoms with Gasteiger partial charge in [-0.1, -0.05) is 29.8 Å². The third-order valence-corrected chi connectivity index (χ3v) is 5.23. The number of rotatable bonds is 8. The fourth-order valence-electron chi connectivity index (χ4n) is 2.98. The molecule has 0 saturated heterocycles. The molecule has 3 aromatic rings. The van der Waals surface area contributed by atoms with Gasteiger partial charge in [-0.25, -0.2) is 14.8 Å². The van der Waals surface area contributed by atoms with Gasteiger partial charge < -0.3 is 5.11 Å². The molecule has 0 unspecified atom stereocenters. The molecule has 0 spiro atoms. The van der Waals surface area contributed by atoms with Gasteiger partial charge >= 0.3 is 5.97 Å². The molecule has 162 valence electrons. The van der Waals surface area contributed by atoms with E-state index in [0.717, 1.165) is 22.6 Å². The van der Waals surface area contributed by atoms with E-state index >= 15 is 0 Å². The Balaban J connectivity index is 1.99. The Morgan fingerprint density at radius 1 is 1.16 bits per heavy atom. The van der Waals surface area contributed by atoms with Crippen molar-refractivity contribution in [2.45, 2.75) is 29.7 Å². The number of hydrogen-bond acceptors (Lipinski definition) is 4. The van der Waals surface area contributed by atoms with Crippen LogP contribution in [0.2, 0.25) is 5.02 Å². The van der Waals surface area contributed by atoms with E-state index in [2.05, 4.69) is 9.97 Å². The van der Waals surface area contributed by atoms with Crippen LogP contribution in [0.5, 0.6) is 0 Å². The van der Waals surface area contributed by atoms with Gasteiger partial charge in [0.25, 0.3) is 9.49 Å². The molecule has 2 heterocycles. The van der Waals surface area contributed by atoms with Gasteiger partial charge in [0.1, 0.15) is 11.5 Å². The molecule has 31 heavy (non-hydrogen) atoms. The highest BCUT2D eigenvalue weighted by Gasteiger charge is 2.23. The second-order valence-corrected chi connectivity index (χ2v) is 8.79. The number of carboxylic acid groups (broad SMARTS) is 1. The third-order valence-electron chi connectivity index (χ3n) is 4.43. The van der Waals surface area contributed by atoms with E-state index in [0.29, 0.717) is 27.8 Å². The number of hydrogen-bond donors (Lipinski definition) is 1. The van der Waals surface area contributed by atoms with Crippen LogP contribution in [0.4, 0.5) is 8.78 Å². The van der Waals surface area contributed by atoms with Gasteiger partial charge in [-0.3, -0.25) is 9.36 Å². The van der Waals surface area contributed by atoms with Crippen LogP contribution in [-0.2, 0) is 13.0 Å². The van der Waals surface area contributed by atoms with Crippen molar-refractivity contribution in [3.05, 3.63) is 81.1 Å². The average molecular weight is 560 g/mol. The van der Waals surface area contributed by atoms with E-state index in [1.807, 2.05) is 0 Å². The maximum absolute atomic E-state index is 13.3. The zero-order valence-corrected chi connectivity index (χ0v) is 19.0. The van der Waals surface area contributed by atoms with Crippen molar-refractivity contribution in [3.8, 4) is 11.3 Å². The van der Waals surface area contributed by atoms with Crippen LogP contribution in [0.25, 0.3) is 11.3 Å². The molecule has 0 fully saturated rings. The first kappa shape index (κ1) is 23.3.